The van der Waals surface area contributed by atoms with E-state index in [9.17, 15) is 4.79 Å². The van der Waals surface area contributed by atoms with Crippen LogP contribution in [0.25, 0.3) is 0 Å². The lowest BCUT2D eigenvalue weighted by molar-refractivity contribution is 0.122. The Morgan fingerprint density at radius 2 is 1.67 bits per heavy atom. The van der Waals surface area contributed by atoms with Crippen LogP contribution in [0.3, 0.4) is 0 Å². The van der Waals surface area contributed by atoms with Crippen LogP contribution in [0, 0.1) is 0 Å². The topological polar surface area (TPSA) is 35.6 Å². The first-order valence-electron chi connectivity index (χ1n) is 9.72. The molecule has 142 valence electrons. The van der Waals surface area contributed by atoms with E-state index in [1.165, 1.54) is 24.0 Å². The molecule has 1 spiro atoms. The molecule has 1 aliphatic carbocycles. The molecule has 2 amide bonds. The number of likely N-dealkylation sites (tertiary alicyclic amines) is 1. The number of fused-ring (bicyclic) bond motifs is 1. The first kappa shape index (κ1) is 18.3. The van der Waals surface area contributed by atoms with Crippen LogP contribution in [0.1, 0.15) is 36.4 Å². The Kier molecular flexibility index (Phi) is 4.87. The van der Waals surface area contributed by atoms with Gasteiger partial charge >= 0.3 is 6.03 Å². The van der Waals surface area contributed by atoms with Crippen LogP contribution in [0.4, 0.5) is 10.5 Å². The minimum atomic E-state index is -0.0763. The Bertz CT molecular complexity index is 817. The van der Waals surface area contributed by atoms with Crippen molar-refractivity contribution >= 4 is 24.1 Å². The predicted octanol–water partition coefficient (Wildman–Crippen LogP) is 4.16. The van der Waals surface area contributed by atoms with Crippen molar-refractivity contribution < 1.29 is 4.79 Å². The minimum Gasteiger partial charge on any atom is -0.335 e. The number of aryl methyl sites for hydroxylation is 1. The van der Waals surface area contributed by atoms with Crippen molar-refractivity contribution in [3.05, 3.63) is 65.7 Å². The van der Waals surface area contributed by atoms with E-state index in [1.54, 1.807) is 0 Å². The fourth-order valence-corrected chi connectivity index (χ4v) is 5.15. The van der Waals surface area contributed by atoms with E-state index in [0.717, 1.165) is 38.2 Å². The molecule has 5 rings (SSSR count). The number of para-hydroxylation sites is 1. The molecule has 2 saturated heterocycles. The largest absolute Gasteiger partial charge is 0.335 e. The van der Waals surface area contributed by atoms with Gasteiger partial charge in [-0.25, -0.2) is 4.79 Å². The van der Waals surface area contributed by atoms with E-state index in [4.69, 9.17) is 0 Å². The summed E-state index contributed by atoms with van der Waals surface area (Å²) in [5.74, 6) is 0. The van der Waals surface area contributed by atoms with E-state index >= 15 is 0 Å². The van der Waals surface area contributed by atoms with Crippen molar-refractivity contribution in [1.82, 2.24) is 10.2 Å². The molecule has 2 fully saturated rings. The lowest BCUT2D eigenvalue weighted by atomic mass is 9.85. The first-order valence-corrected chi connectivity index (χ1v) is 9.72. The number of rotatable bonds is 2. The molecule has 0 saturated carbocycles. The molecular weight excluding hydrogens is 358 g/mol. The highest BCUT2D eigenvalue weighted by molar-refractivity contribution is 5.96. The fraction of sp³-hybridized carbons (Fsp3) is 0.409. The molecule has 0 bridgehead atoms. The summed E-state index contributed by atoms with van der Waals surface area (Å²) in [7, 11) is 0. The Labute approximate surface area is 167 Å². The van der Waals surface area contributed by atoms with Crippen LogP contribution in [-0.2, 0) is 6.42 Å². The summed E-state index contributed by atoms with van der Waals surface area (Å²) in [6, 6.07) is 19.6. The zero-order valence-electron chi connectivity index (χ0n) is 15.4. The highest BCUT2D eigenvalue weighted by atomic mass is 35.5. The van der Waals surface area contributed by atoms with Crippen LogP contribution in [0.2, 0.25) is 0 Å². The second-order valence-electron chi connectivity index (χ2n) is 7.84. The quantitative estimate of drug-likeness (QED) is 0.845. The maximum atomic E-state index is 12.6. The summed E-state index contributed by atoms with van der Waals surface area (Å²) >= 11 is 0. The van der Waals surface area contributed by atoms with Gasteiger partial charge in [-0.1, -0.05) is 42.5 Å². The number of piperidine rings is 1. The first-order chi connectivity index (χ1) is 12.8. The van der Waals surface area contributed by atoms with Gasteiger partial charge in [-0.05, 0) is 48.9 Å². The number of halogens is 1. The lowest BCUT2D eigenvalue weighted by Crippen LogP contribution is -2.55. The SMILES string of the molecule is Cl.O=C1NCC2(CCN(C3CCc4ccccc43)CC2)N1c1ccccc1. The van der Waals surface area contributed by atoms with E-state index in [2.05, 4.69) is 34.5 Å². The van der Waals surface area contributed by atoms with Gasteiger partial charge in [0.05, 0.1) is 5.54 Å². The summed E-state index contributed by atoms with van der Waals surface area (Å²) < 4.78 is 0. The second-order valence-corrected chi connectivity index (χ2v) is 7.84. The van der Waals surface area contributed by atoms with Crippen LogP contribution < -0.4 is 10.2 Å². The molecule has 1 unspecified atom stereocenters. The van der Waals surface area contributed by atoms with Crippen molar-refractivity contribution in [2.75, 3.05) is 24.5 Å². The lowest BCUT2D eigenvalue weighted by Gasteiger charge is -2.45. The Morgan fingerprint density at radius 1 is 0.963 bits per heavy atom. The van der Waals surface area contributed by atoms with Crippen LogP contribution in [-0.4, -0.2) is 36.1 Å². The van der Waals surface area contributed by atoms with Gasteiger partial charge in [-0.15, -0.1) is 12.4 Å². The highest BCUT2D eigenvalue weighted by Crippen LogP contribution is 2.41. The smallest absolute Gasteiger partial charge is 0.322 e. The summed E-state index contributed by atoms with van der Waals surface area (Å²) in [6.45, 7) is 2.87. The molecule has 4 nitrogen and oxygen atoms in total. The molecule has 27 heavy (non-hydrogen) atoms. The maximum absolute atomic E-state index is 12.6. The molecule has 5 heteroatoms. The van der Waals surface area contributed by atoms with E-state index in [-0.39, 0.29) is 24.0 Å². The number of carbonyl (C=O) groups is 1. The number of urea groups is 1. The van der Waals surface area contributed by atoms with Gasteiger partial charge in [0.2, 0.25) is 0 Å². The van der Waals surface area contributed by atoms with E-state index in [0.29, 0.717) is 6.04 Å². The summed E-state index contributed by atoms with van der Waals surface area (Å²) in [5.41, 5.74) is 3.97. The maximum Gasteiger partial charge on any atom is 0.322 e. The molecule has 0 radical (unpaired) electrons. The Hall–Kier alpha value is -2.04. The fourth-order valence-electron chi connectivity index (χ4n) is 5.15. The van der Waals surface area contributed by atoms with Gasteiger partial charge in [-0.3, -0.25) is 9.80 Å². The zero-order valence-corrected chi connectivity index (χ0v) is 16.3. The van der Waals surface area contributed by atoms with Gasteiger partial charge < -0.3 is 5.32 Å². The average molecular weight is 384 g/mol. The number of carbonyl (C=O) groups excluding carboxylic acids is 1. The Balaban J connectivity index is 0.00000180. The standard InChI is InChI=1S/C22H25N3O.ClH/c26-21-23-16-22(25(21)18-7-2-1-3-8-18)12-14-24(15-13-22)20-11-10-17-6-4-5-9-19(17)20;/h1-9,20H,10-16H2,(H,23,26);1H. The molecule has 2 aromatic carbocycles. The molecule has 2 aliphatic heterocycles. The molecular formula is C22H26ClN3O. The third-order valence-electron chi connectivity index (χ3n) is 6.53. The van der Waals surface area contributed by atoms with Crippen molar-refractivity contribution in [3.63, 3.8) is 0 Å². The van der Waals surface area contributed by atoms with Gasteiger partial charge in [-0.2, -0.15) is 0 Å². The van der Waals surface area contributed by atoms with Gasteiger partial charge in [0.25, 0.3) is 0 Å². The Morgan fingerprint density at radius 3 is 2.44 bits per heavy atom. The molecule has 2 heterocycles. The van der Waals surface area contributed by atoms with Crippen molar-refractivity contribution in [2.45, 2.75) is 37.3 Å². The molecule has 2 aromatic rings. The minimum absolute atomic E-state index is 0. The van der Waals surface area contributed by atoms with Gasteiger partial charge in [0, 0.05) is 31.4 Å². The highest BCUT2D eigenvalue weighted by Gasteiger charge is 2.48. The third-order valence-corrected chi connectivity index (χ3v) is 6.53. The number of nitrogens with one attached hydrogen (secondary N) is 1. The number of nitrogens with zero attached hydrogens (tertiary/aromatic N) is 2. The molecule has 3 aliphatic rings. The molecule has 0 aromatic heterocycles. The average Bonchev–Trinajstić information content (AvgIpc) is 3.25. The summed E-state index contributed by atoms with van der Waals surface area (Å²) in [6.07, 6.45) is 4.48. The van der Waals surface area contributed by atoms with Crippen LogP contribution in [0.15, 0.2) is 54.6 Å². The van der Waals surface area contributed by atoms with E-state index < -0.39 is 0 Å². The molecule has 1 N–H and O–H groups in total. The van der Waals surface area contributed by atoms with Gasteiger partial charge in [0.15, 0.2) is 0 Å². The number of hydrogen-bond donors (Lipinski definition) is 1. The summed E-state index contributed by atoms with van der Waals surface area (Å²) in [4.78, 5) is 17.2. The normalized spacial score (nSPS) is 23.8. The zero-order chi connectivity index (χ0) is 17.6. The number of anilines is 1. The van der Waals surface area contributed by atoms with E-state index in [1.807, 2.05) is 35.2 Å². The summed E-state index contributed by atoms with van der Waals surface area (Å²) in [5, 5.41) is 3.10. The number of benzene rings is 2. The second kappa shape index (κ2) is 7.17. The predicted molar refractivity (Wildman–Crippen MR) is 111 cm³/mol. The number of hydrogen-bond acceptors (Lipinski definition) is 2. The third kappa shape index (κ3) is 3.01. The van der Waals surface area contributed by atoms with Crippen molar-refractivity contribution in [3.8, 4) is 0 Å². The monoisotopic (exact) mass is 383 g/mol. The number of amides is 2. The van der Waals surface area contributed by atoms with Gasteiger partial charge in [0.1, 0.15) is 0 Å². The van der Waals surface area contributed by atoms with Crippen molar-refractivity contribution in [2.24, 2.45) is 0 Å². The van der Waals surface area contributed by atoms with Crippen LogP contribution >= 0.6 is 12.4 Å². The van der Waals surface area contributed by atoms with Crippen LogP contribution in [0.5, 0.6) is 0 Å². The molecule has 1 atom stereocenters. The van der Waals surface area contributed by atoms with Crippen molar-refractivity contribution in [1.29, 1.82) is 0 Å².